The molecule has 2 heterocycles. The van der Waals surface area contributed by atoms with Crippen LogP contribution in [-0.4, -0.2) is 17.6 Å². The van der Waals surface area contributed by atoms with Crippen LogP contribution < -0.4 is 9.47 Å². The summed E-state index contributed by atoms with van der Waals surface area (Å²) < 4.78 is 10.9. The Hall–Kier alpha value is -3.14. The lowest BCUT2D eigenvalue weighted by molar-refractivity contribution is -0.120. The van der Waals surface area contributed by atoms with Crippen molar-refractivity contribution in [1.82, 2.24) is 4.98 Å². The van der Waals surface area contributed by atoms with Gasteiger partial charge >= 0.3 is 0 Å². The molecule has 1 aliphatic heterocycles. The third kappa shape index (κ3) is 3.07. The lowest BCUT2D eigenvalue weighted by Crippen LogP contribution is -2.23. The minimum atomic E-state index is -0.404. The first-order valence-corrected chi connectivity index (χ1v) is 10.4. The molecule has 1 aromatic heterocycles. The van der Waals surface area contributed by atoms with E-state index < -0.39 is 5.41 Å². The number of nitrogens with zero attached hydrogens (tertiary/aromatic N) is 1. The summed E-state index contributed by atoms with van der Waals surface area (Å²) in [7, 11) is 0. The van der Waals surface area contributed by atoms with Gasteiger partial charge in [0, 0.05) is 18.2 Å². The number of carbonyl (C=O) groups excluding carboxylic acids is 1. The molecule has 152 valence electrons. The van der Waals surface area contributed by atoms with Gasteiger partial charge in [0.05, 0.1) is 11.1 Å². The van der Waals surface area contributed by atoms with Gasteiger partial charge in [-0.15, -0.1) is 0 Å². The number of hydrogen-bond donors (Lipinski definition) is 0. The molecule has 0 spiro atoms. The van der Waals surface area contributed by atoms with E-state index >= 15 is 0 Å². The largest absolute Gasteiger partial charge is 0.454 e. The summed E-state index contributed by atoms with van der Waals surface area (Å²) in [6.07, 6.45) is 4.03. The molecule has 4 heteroatoms. The number of carbonyl (C=O) groups is 1. The number of ketones is 1. The molecule has 0 amide bonds. The van der Waals surface area contributed by atoms with Gasteiger partial charge in [0.2, 0.25) is 6.79 Å². The minimum Gasteiger partial charge on any atom is -0.454 e. The maximum Gasteiger partial charge on any atom is 0.231 e. The highest BCUT2D eigenvalue weighted by Crippen LogP contribution is 2.51. The fourth-order valence-corrected chi connectivity index (χ4v) is 4.33. The van der Waals surface area contributed by atoms with Crippen molar-refractivity contribution in [3.05, 3.63) is 76.6 Å². The van der Waals surface area contributed by atoms with Crippen molar-refractivity contribution in [1.29, 1.82) is 0 Å². The van der Waals surface area contributed by atoms with Gasteiger partial charge in [-0.1, -0.05) is 35.9 Å². The molecule has 3 aromatic rings. The molecule has 30 heavy (non-hydrogen) atoms. The van der Waals surface area contributed by atoms with Crippen LogP contribution in [0.25, 0.3) is 11.1 Å². The predicted octanol–water partition coefficient (Wildman–Crippen LogP) is 5.25. The molecule has 0 radical (unpaired) electrons. The summed E-state index contributed by atoms with van der Waals surface area (Å²) in [6.45, 7) is 6.52. The lowest BCUT2D eigenvalue weighted by atomic mass is 9.87. The molecule has 1 saturated carbocycles. The highest BCUT2D eigenvalue weighted by Gasteiger charge is 2.51. The molecule has 1 aliphatic carbocycles. The number of aryl methyl sites for hydroxylation is 1. The number of Topliss-reactive ketones (excluding diaryl/α,β-unsaturated/α-hetero) is 1. The van der Waals surface area contributed by atoms with Crippen molar-refractivity contribution < 1.29 is 14.3 Å². The minimum absolute atomic E-state index is 0.236. The molecule has 0 unspecified atom stereocenters. The SMILES string of the molecule is Cc1ccc(-c2cnc(CC(=O)C3(c4ccc5c(c4)OCO5)CC3)c(C)c2C)cc1. The zero-order valence-corrected chi connectivity index (χ0v) is 17.6. The molecule has 5 rings (SSSR count). The van der Waals surface area contributed by atoms with Crippen molar-refractivity contribution >= 4 is 5.78 Å². The van der Waals surface area contributed by atoms with Crippen LogP contribution in [-0.2, 0) is 16.6 Å². The molecule has 1 fully saturated rings. The van der Waals surface area contributed by atoms with Gasteiger partial charge in [-0.05, 0) is 68.0 Å². The average molecular weight is 399 g/mol. The molecule has 2 aliphatic rings. The summed E-state index contributed by atoms with van der Waals surface area (Å²) in [5.74, 6) is 1.72. The molecule has 2 aromatic carbocycles. The van der Waals surface area contributed by atoms with Gasteiger partial charge < -0.3 is 9.47 Å². The van der Waals surface area contributed by atoms with Gasteiger partial charge in [0.1, 0.15) is 5.78 Å². The van der Waals surface area contributed by atoms with Gasteiger partial charge in [-0.25, -0.2) is 0 Å². The third-order valence-corrected chi connectivity index (χ3v) is 6.65. The molecule has 0 bridgehead atoms. The molecular weight excluding hydrogens is 374 g/mol. The maximum atomic E-state index is 13.3. The number of rotatable bonds is 5. The van der Waals surface area contributed by atoms with E-state index in [1.807, 2.05) is 24.4 Å². The molecule has 4 nitrogen and oxygen atoms in total. The van der Waals surface area contributed by atoms with Gasteiger partial charge in [-0.2, -0.15) is 0 Å². The second-order valence-corrected chi connectivity index (χ2v) is 8.48. The van der Waals surface area contributed by atoms with E-state index in [1.165, 1.54) is 11.1 Å². The monoisotopic (exact) mass is 399 g/mol. The topological polar surface area (TPSA) is 48.4 Å². The van der Waals surface area contributed by atoms with Crippen molar-refractivity contribution in [2.24, 2.45) is 0 Å². The summed E-state index contributed by atoms with van der Waals surface area (Å²) in [5.41, 5.74) is 7.31. The van der Waals surface area contributed by atoms with Crippen molar-refractivity contribution in [2.75, 3.05) is 6.79 Å². The van der Waals surface area contributed by atoms with E-state index in [9.17, 15) is 4.79 Å². The number of hydrogen-bond acceptors (Lipinski definition) is 4. The van der Waals surface area contributed by atoms with Crippen LogP contribution >= 0.6 is 0 Å². The Morgan fingerprint density at radius 2 is 1.70 bits per heavy atom. The van der Waals surface area contributed by atoms with E-state index in [0.717, 1.165) is 52.3 Å². The van der Waals surface area contributed by atoms with Gasteiger partial charge in [0.25, 0.3) is 0 Å². The Kier molecular flexibility index (Phi) is 4.39. The Morgan fingerprint density at radius 3 is 2.43 bits per heavy atom. The van der Waals surface area contributed by atoms with Gasteiger partial charge in [0.15, 0.2) is 11.5 Å². The zero-order valence-electron chi connectivity index (χ0n) is 17.6. The number of benzene rings is 2. The highest BCUT2D eigenvalue weighted by molar-refractivity contribution is 5.94. The van der Waals surface area contributed by atoms with Crippen LogP contribution in [0.4, 0.5) is 0 Å². The van der Waals surface area contributed by atoms with Crippen molar-refractivity contribution in [2.45, 2.75) is 45.4 Å². The average Bonchev–Trinajstić information content (AvgIpc) is 3.43. The fraction of sp³-hybridized carbons (Fsp3) is 0.308. The van der Waals surface area contributed by atoms with E-state index in [4.69, 9.17) is 14.5 Å². The predicted molar refractivity (Wildman–Crippen MR) is 116 cm³/mol. The first-order valence-electron chi connectivity index (χ1n) is 10.4. The zero-order chi connectivity index (χ0) is 20.9. The van der Waals surface area contributed by atoms with Crippen molar-refractivity contribution in [3.63, 3.8) is 0 Å². The first-order chi connectivity index (χ1) is 14.5. The number of ether oxygens (including phenoxy) is 2. The maximum absolute atomic E-state index is 13.3. The first kappa shape index (κ1) is 18.9. The quantitative estimate of drug-likeness (QED) is 0.588. The summed E-state index contributed by atoms with van der Waals surface area (Å²) in [5, 5.41) is 0. The lowest BCUT2D eigenvalue weighted by Gasteiger charge is -2.17. The van der Waals surface area contributed by atoms with Crippen LogP contribution in [0.5, 0.6) is 11.5 Å². The molecule has 0 N–H and O–H groups in total. The highest BCUT2D eigenvalue weighted by atomic mass is 16.7. The normalized spacial score (nSPS) is 15.8. The summed E-state index contributed by atoms with van der Waals surface area (Å²) >= 11 is 0. The van der Waals surface area contributed by atoms with E-state index in [0.29, 0.717) is 6.42 Å². The molecule has 0 atom stereocenters. The fourth-order valence-electron chi connectivity index (χ4n) is 4.33. The van der Waals surface area contributed by atoms with Crippen molar-refractivity contribution in [3.8, 4) is 22.6 Å². The Labute approximate surface area is 176 Å². The summed E-state index contributed by atoms with van der Waals surface area (Å²) in [6, 6.07) is 14.4. The standard InChI is InChI=1S/C26H25NO3/c1-16-4-6-19(7-5-16)21-14-27-22(18(3)17(21)2)13-25(28)26(10-11-26)20-8-9-23-24(12-20)30-15-29-23/h4-9,12,14H,10-11,13,15H2,1-3H3. The Balaban J connectivity index is 1.41. The Bertz CT molecular complexity index is 1140. The van der Waals surface area contributed by atoms with E-state index in [-0.39, 0.29) is 12.6 Å². The van der Waals surface area contributed by atoms with Crippen LogP contribution in [0.15, 0.2) is 48.7 Å². The summed E-state index contributed by atoms with van der Waals surface area (Å²) in [4.78, 5) is 18.0. The van der Waals surface area contributed by atoms with Crippen LogP contribution in [0.2, 0.25) is 0 Å². The number of aromatic nitrogens is 1. The molecule has 0 saturated heterocycles. The number of pyridine rings is 1. The van der Waals surface area contributed by atoms with Crippen LogP contribution in [0, 0.1) is 20.8 Å². The smallest absolute Gasteiger partial charge is 0.231 e. The van der Waals surface area contributed by atoms with Gasteiger partial charge in [-0.3, -0.25) is 9.78 Å². The Morgan fingerprint density at radius 1 is 0.967 bits per heavy atom. The van der Waals surface area contributed by atoms with Crippen LogP contribution in [0.1, 0.15) is 40.8 Å². The third-order valence-electron chi connectivity index (χ3n) is 6.65. The van der Waals surface area contributed by atoms with E-state index in [1.54, 1.807) is 0 Å². The van der Waals surface area contributed by atoms with Crippen LogP contribution in [0.3, 0.4) is 0 Å². The second kappa shape index (κ2) is 6.98. The van der Waals surface area contributed by atoms with E-state index in [2.05, 4.69) is 45.0 Å². The molecular formula is C26H25NO3. The number of fused-ring (bicyclic) bond motifs is 1. The second-order valence-electron chi connectivity index (χ2n) is 8.48.